The smallest absolute Gasteiger partial charge is 0.414 e. The van der Waals surface area contributed by atoms with Gasteiger partial charge in [0.25, 0.3) is 0 Å². The Morgan fingerprint density at radius 3 is 2.19 bits per heavy atom. The van der Waals surface area contributed by atoms with Crippen LogP contribution in [0.4, 0.5) is 4.79 Å². The highest BCUT2D eigenvalue weighted by atomic mass is 16.5. The largest absolute Gasteiger partial charge is 0.419 e. The van der Waals surface area contributed by atoms with Gasteiger partial charge in [0.05, 0.1) is 6.26 Å². The van der Waals surface area contributed by atoms with Crippen molar-refractivity contribution in [3.05, 3.63) is 96.8 Å². The number of benzene rings is 2. The fraction of sp³-hybridized carbons (Fsp3) is 0.217. The summed E-state index contributed by atoms with van der Waals surface area (Å²) in [4.78, 5) is 26.6. The summed E-state index contributed by atoms with van der Waals surface area (Å²) >= 11 is 0. The van der Waals surface area contributed by atoms with E-state index in [1.807, 2.05) is 42.5 Å². The first-order chi connectivity index (χ1) is 13.2. The minimum atomic E-state index is -0.468. The molecule has 1 amide bonds. The number of rotatable bonds is 3. The lowest BCUT2D eigenvalue weighted by atomic mass is 9.59. The van der Waals surface area contributed by atoms with Gasteiger partial charge in [-0.25, -0.2) is 4.79 Å². The van der Waals surface area contributed by atoms with Gasteiger partial charge >= 0.3 is 6.09 Å². The van der Waals surface area contributed by atoms with Crippen LogP contribution in [0.25, 0.3) is 0 Å². The molecule has 2 aromatic carbocycles. The molecule has 4 heteroatoms. The normalized spacial score (nSPS) is 23.0. The van der Waals surface area contributed by atoms with Gasteiger partial charge in [-0.3, -0.25) is 4.79 Å². The molecule has 0 radical (unpaired) electrons. The van der Waals surface area contributed by atoms with Gasteiger partial charge in [-0.1, -0.05) is 73.3 Å². The Morgan fingerprint density at radius 2 is 1.63 bits per heavy atom. The van der Waals surface area contributed by atoms with Crippen molar-refractivity contribution in [2.75, 3.05) is 13.1 Å². The number of ether oxygens (including phenoxy) is 1. The summed E-state index contributed by atoms with van der Waals surface area (Å²) in [5.41, 5.74) is 1.77. The van der Waals surface area contributed by atoms with Gasteiger partial charge in [-0.2, -0.15) is 0 Å². The maximum Gasteiger partial charge on any atom is 0.414 e. The Kier molecular flexibility index (Phi) is 4.40. The lowest BCUT2D eigenvalue weighted by Crippen LogP contribution is -2.44. The van der Waals surface area contributed by atoms with Gasteiger partial charge in [0.2, 0.25) is 0 Å². The van der Waals surface area contributed by atoms with Crippen molar-refractivity contribution in [2.24, 2.45) is 11.8 Å². The molecule has 0 N–H and O–H groups in total. The summed E-state index contributed by atoms with van der Waals surface area (Å²) in [6.45, 7) is 4.27. The lowest BCUT2D eigenvalue weighted by Gasteiger charge is -2.42. The van der Waals surface area contributed by atoms with E-state index >= 15 is 0 Å². The van der Waals surface area contributed by atoms with Crippen molar-refractivity contribution in [3.8, 4) is 0 Å². The van der Waals surface area contributed by atoms with Crippen LogP contribution < -0.4 is 0 Å². The molecule has 0 saturated carbocycles. The van der Waals surface area contributed by atoms with Gasteiger partial charge in [0.15, 0.2) is 5.78 Å². The zero-order valence-corrected chi connectivity index (χ0v) is 15.0. The van der Waals surface area contributed by atoms with E-state index < -0.39 is 11.5 Å². The molecule has 2 aliphatic rings. The average Bonchev–Trinajstić information content (AvgIpc) is 3.17. The molecule has 2 unspecified atom stereocenters. The quantitative estimate of drug-likeness (QED) is 0.780. The number of amides is 1. The molecule has 136 valence electrons. The highest BCUT2D eigenvalue weighted by Crippen LogP contribution is 2.49. The van der Waals surface area contributed by atoms with Crippen LogP contribution in [-0.2, 0) is 14.9 Å². The maximum atomic E-state index is 12.7. The number of allylic oxidation sites excluding steroid dienone is 2. The third-order valence-corrected chi connectivity index (χ3v) is 5.73. The minimum Gasteiger partial charge on any atom is -0.419 e. The zero-order chi connectivity index (χ0) is 18.9. The molecular formula is C23H21NO3. The Balaban J connectivity index is 1.86. The SMILES string of the molecule is C=COC(=O)N1CC2C(=O)C=CC(c3ccccc3)(c3ccccc3)C2C1. The minimum absolute atomic E-state index is 0.0582. The van der Waals surface area contributed by atoms with Crippen molar-refractivity contribution < 1.29 is 14.3 Å². The lowest BCUT2D eigenvalue weighted by molar-refractivity contribution is -0.119. The standard InChI is InChI=1S/C23H21NO3/c1-2-27-22(26)24-15-19-20(16-24)23(14-13-21(19)25,17-9-5-3-6-10-17)18-11-7-4-8-12-18/h2-14,19-20H,1,15-16H2. The molecule has 1 fully saturated rings. The van der Waals surface area contributed by atoms with Crippen LogP contribution in [0.5, 0.6) is 0 Å². The second-order valence-electron chi connectivity index (χ2n) is 7.01. The van der Waals surface area contributed by atoms with Crippen LogP contribution in [0.3, 0.4) is 0 Å². The maximum absolute atomic E-state index is 12.7. The summed E-state index contributed by atoms with van der Waals surface area (Å²) in [6, 6.07) is 20.4. The molecule has 1 aliphatic heterocycles. The molecule has 1 heterocycles. The number of hydrogen-bond acceptors (Lipinski definition) is 3. The second kappa shape index (κ2) is 6.88. The molecule has 4 nitrogen and oxygen atoms in total. The first-order valence-corrected chi connectivity index (χ1v) is 9.07. The van der Waals surface area contributed by atoms with Crippen LogP contribution >= 0.6 is 0 Å². The van der Waals surface area contributed by atoms with E-state index in [1.54, 1.807) is 11.0 Å². The molecule has 1 aliphatic carbocycles. The van der Waals surface area contributed by atoms with Crippen LogP contribution in [0.15, 0.2) is 85.7 Å². The van der Waals surface area contributed by atoms with E-state index in [1.165, 1.54) is 0 Å². The number of likely N-dealkylation sites (tertiary alicyclic amines) is 1. The molecule has 0 aromatic heterocycles. The van der Waals surface area contributed by atoms with E-state index in [9.17, 15) is 9.59 Å². The molecule has 1 saturated heterocycles. The van der Waals surface area contributed by atoms with Crippen LogP contribution in [0.2, 0.25) is 0 Å². The Labute approximate surface area is 158 Å². The third kappa shape index (κ3) is 2.78. The fourth-order valence-corrected chi connectivity index (χ4v) is 4.52. The van der Waals surface area contributed by atoms with E-state index in [0.717, 1.165) is 17.4 Å². The summed E-state index contributed by atoms with van der Waals surface area (Å²) in [6.07, 6.45) is 4.38. The van der Waals surface area contributed by atoms with Crippen molar-refractivity contribution in [2.45, 2.75) is 5.41 Å². The van der Waals surface area contributed by atoms with Gasteiger partial charge < -0.3 is 9.64 Å². The van der Waals surface area contributed by atoms with Crippen LogP contribution in [-0.4, -0.2) is 29.9 Å². The Hall–Kier alpha value is -3.14. The number of carbonyl (C=O) groups is 2. The van der Waals surface area contributed by atoms with Crippen molar-refractivity contribution in [1.82, 2.24) is 4.90 Å². The van der Waals surface area contributed by atoms with Gasteiger partial charge in [0.1, 0.15) is 0 Å². The summed E-state index contributed by atoms with van der Waals surface area (Å²) in [5.74, 6) is -0.249. The van der Waals surface area contributed by atoms with E-state index in [-0.39, 0.29) is 17.6 Å². The topological polar surface area (TPSA) is 46.6 Å². The van der Waals surface area contributed by atoms with Gasteiger partial charge in [-0.05, 0) is 17.2 Å². The van der Waals surface area contributed by atoms with E-state index in [4.69, 9.17) is 4.74 Å². The summed E-state index contributed by atoms with van der Waals surface area (Å²) in [5, 5.41) is 0. The predicted molar refractivity (Wildman–Crippen MR) is 103 cm³/mol. The number of ketones is 1. The monoisotopic (exact) mass is 359 g/mol. The van der Waals surface area contributed by atoms with Crippen molar-refractivity contribution in [3.63, 3.8) is 0 Å². The first-order valence-electron chi connectivity index (χ1n) is 9.07. The highest BCUT2D eigenvalue weighted by molar-refractivity contribution is 5.95. The van der Waals surface area contributed by atoms with E-state index in [2.05, 4.69) is 30.8 Å². The summed E-state index contributed by atoms with van der Waals surface area (Å²) < 4.78 is 4.97. The highest BCUT2D eigenvalue weighted by Gasteiger charge is 2.53. The molecule has 2 aromatic rings. The molecule has 27 heavy (non-hydrogen) atoms. The molecule has 0 spiro atoms. The first kappa shape index (κ1) is 17.3. The predicted octanol–water partition coefficient (Wildman–Crippen LogP) is 3.94. The molecule has 0 bridgehead atoms. The van der Waals surface area contributed by atoms with Crippen LogP contribution in [0.1, 0.15) is 11.1 Å². The third-order valence-electron chi connectivity index (χ3n) is 5.73. The summed E-state index contributed by atoms with van der Waals surface area (Å²) in [7, 11) is 0. The Morgan fingerprint density at radius 1 is 1.04 bits per heavy atom. The van der Waals surface area contributed by atoms with Crippen molar-refractivity contribution >= 4 is 11.9 Å². The fourth-order valence-electron chi connectivity index (χ4n) is 4.52. The van der Waals surface area contributed by atoms with E-state index in [0.29, 0.717) is 13.1 Å². The molecule has 2 atom stereocenters. The van der Waals surface area contributed by atoms with Gasteiger partial charge in [-0.15, -0.1) is 0 Å². The second-order valence-corrected chi connectivity index (χ2v) is 7.01. The number of nitrogens with zero attached hydrogens (tertiary/aromatic N) is 1. The number of hydrogen-bond donors (Lipinski definition) is 0. The van der Waals surface area contributed by atoms with Crippen molar-refractivity contribution in [1.29, 1.82) is 0 Å². The number of carbonyl (C=O) groups excluding carboxylic acids is 2. The molecular weight excluding hydrogens is 338 g/mol. The Bertz CT molecular complexity index is 849. The average molecular weight is 359 g/mol. The molecule has 4 rings (SSSR count). The zero-order valence-electron chi connectivity index (χ0n) is 15.0. The van der Waals surface area contributed by atoms with Gasteiger partial charge in [0, 0.05) is 30.3 Å². The number of fused-ring (bicyclic) bond motifs is 1. The van der Waals surface area contributed by atoms with Crippen LogP contribution in [0, 0.1) is 11.8 Å².